The molecule has 4 nitrogen and oxygen atoms in total. The van der Waals surface area contributed by atoms with Crippen molar-refractivity contribution in [2.45, 2.75) is 6.42 Å². The lowest BCUT2D eigenvalue weighted by Gasteiger charge is -2.07. The van der Waals surface area contributed by atoms with Crippen LogP contribution >= 0.6 is 11.6 Å². The van der Waals surface area contributed by atoms with E-state index in [-0.39, 0.29) is 36.3 Å². The fraction of sp³-hybridized carbons (Fsp3) is 0.273. The van der Waals surface area contributed by atoms with Crippen molar-refractivity contribution < 1.29 is 13.9 Å². The fourth-order valence-electron chi connectivity index (χ4n) is 1.04. The van der Waals surface area contributed by atoms with Crippen LogP contribution in [0.5, 0.6) is 5.75 Å². The van der Waals surface area contributed by atoms with E-state index in [0.29, 0.717) is 0 Å². The van der Waals surface area contributed by atoms with Crippen molar-refractivity contribution >= 4 is 17.5 Å². The molecule has 6 heteroatoms. The Balaban J connectivity index is 2.40. The van der Waals surface area contributed by atoms with E-state index in [0.717, 1.165) is 6.07 Å². The molecule has 0 aliphatic heterocycles. The molecule has 0 aliphatic carbocycles. The lowest BCUT2D eigenvalue weighted by atomic mass is 10.3. The van der Waals surface area contributed by atoms with Gasteiger partial charge in [0.2, 0.25) is 0 Å². The molecular formula is C11H10ClFN2O2. The van der Waals surface area contributed by atoms with Crippen LogP contribution in [0.2, 0.25) is 5.02 Å². The summed E-state index contributed by atoms with van der Waals surface area (Å²) >= 11 is 5.70. The minimum atomic E-state index is -0.471. The third kappa shape index (κ3) is 4.70. The first kappa shape index (κ1) is 13.3. The quantitative estimate of drug-likeness (QED) is 0.819. The van der Waals surface area contributed by atoms with Gasteiger partial charge in [0.15, 0.2) is 6.61 Å². The van der Waals surface area contributed by atoms with Crippen LogP contribution in [0.3, 0.4) is 0 Å². The van der Waals surface area contributed by atoms with Gasteiger partial charge in [0, 0.05) is 6.54 Å². The molecule has 1 N–H and O–H groups in total. The number of nitriles is 1. The Bertz CT molecular complexity index is 446. The highest BCUT2D eigenvalue weighted by molar-refractivity contribution is 6.32. The van der Waals surface area contributed by atoms with Gasteiger partial charge < -0.3 is 10.1 Å². The maximum Gasteiger partial charge on any atom is 0.257 e. The summed E-state index contributed by atoms with van der Waals surface area (Å²) in [5, 5.41) is 10.9. The standard InChI is InChI=1S/C11H10ClFN2O2/c12-9-6-8(13)2-3-10(9)17-7-11(16)15-5-1-4-14/h2-3,6H,1,5,7H2,(H,15,16). The van der Waals surface area contributed by atoms with Crippen molar-refractivity contribution in [3.8, 4) is 11.8 Å². The van der Waals surface area contributed by atoms with Crippen molar-refractivity contribution in [1.82, 2.24) is 5.32 Å². The van der Waals surface area contributed by atoms with Crippen molar-refractivity contribution in [3.63, 3.8) is 0 Å². The lowest BCUT2D eigenvalue weighted by Crippen LogP contribution is -2.29. The van der Waals surface area contributed by atoms with Crippen LogP contribution < -0.4 is 10.1 Å². The Labute approximate surface area is 103 Å². The highest BCUT2D eigenvalue weighted by atomic mass is 35.5. The van der Waals surface area contributed by atoms with Gasteiger partial charge in [-0.15, -0.1) is 0 Å². The van der Waals surface area contributed by atoms with Crippen LogP contribution in [-0.4, -0.2) is 19.1 Å². The first-order chi connectivity index (χ1) is 8.13. The molecule has 1 aromatic rings. The largest absolute Gasteiger partial charge is 0.482 e. The first-order valence-corrected chi connectivity index (χ1v) is 5.23. The van der Waals surface area contributed by atoms with E-state index in [1.165, 1.54) is 12.1 Å². The van der Waals surface area contributed by atoms with Crippen LogP contribution in [0.1, 0.15) is 6.42 Å². The number of carbonyl (C=O) groups excluding carboxylic acids is 1. The van der Waals surface area contributed by atoms with E-state index in [4.69, 9.17) is 21.6 Å². The van der Waals surface area contributed by atoms with Gasteiger partial charge in [-0.3, -0.25) is 4.79 Å². The van der Waals surface area contributed by atoms with E-state index in [9.17, 15) is 9.18 Å². The summed E-state index contributed by atoms with van der Waals surface area (Å²) in [6.07, 6.45) is 0.239. The SMILES string of the molecule is N#CCCNC(=O)COc1ccc(F)cc1Cl. The van der Waals surface area contributed by atoms with Crippen molar-refractivity contribution in [3.05, 3.63) is 29.0 Å². The van der Waals surface area contributed by atoms with E-state index in [2.05, 4.69) is 5.32 Å². The van der Waals surface area contributed by atoms with Crippen molar-refractivity contribution in [2.24, 2.45) is 0 Å². The number of nitrogens with one attached hydrogen (secondary N) is 1. The summed E-state index contributed by atoms with van der Waals surface area (Å²) in [7, 11) is 0. The zero-order chi connectivity index (χ0) is 12.7. The van der Waals surface area contributed by atoms with Crippen LogP contribution in [0.4, 0.5) is 4.39 Å². The molecule has 0 aromatic heterocycles. The fourth-order valence-corrected chi connectivity index (χ4v) is 1.27. The normalized spacial score (nSPS) is 9.47. The molecule has 0 radical (unpaired) electrons. The van der Waals surface area contributed by atoms with E-state index >= 15 is 0 Å². The Hall–Kier alpha value is -1.80. The minimum absolute atomic E-state index is 0.106. The monoisotopic (exact) mass is 256 g/mol. The Morgan fingerprint density at radius 2 is 2.35 bits per heavy atom. The number of halogens is 2. The maximum atomic E-state index is 12.7. The number of amides is 1. The highest BCUT2D eigenvalue weighted by Gasteiger charge is 2.06. The number of rotatable bonds is 5. The summed E-state index contributed by atoms with van der Waals surface area (Å²) in [4.78, 5) is 11.2. The number of carbonyl (C=O) groups is 1. The van der Waals surface area contributed by atoms with Crippen molar-refractivity contribution in [1.29, 1.82) is 5.26 Å². The molecular weight excluding hydrogens is 247 g/mol. The molecule has 1 rings (SSSR count). The molecule has 0 spiro atoms. The second-order valence-electron chi connectivity index (χ2n) is 3.12. The maximum absolute atomic E-state index is 12.7. The average Bonchev–Trinajstić information content (AvgIpc) is 2.28. The molecule has 0 unspecified atom stereocenters. The Morgan fingerprint density at radius 3 is 3.00 bits per heavy atom. The zero-order valence-electron chi connectivity index (χ0n) is 8.87. The molecule has 0 heterocycles. The van der Waals surface area contributed by atoms with Crippen LogP contribution in [0.15, 0.2) is 18.2 Å². The summed E-state index contributed by atoms with van der Waals surface area (Å²) in [5.41, 5.74) is 0. The van der Waals surface area contributed by atoms with Crippen LogP contribution in [-0.2, 0) is 4.79 Å². The first-order valence-electron chi connectivity index (χ1n) is 4.85. The number of benzene rings is 1. The van der Waals surface area contributed by atoms with Gasteiger partial charge in [0.05, 0.1) is 17.5 Å². The van der Waals surface area contributed by atoms with E-state index in [1.54, 1.807) is 0 Å². The van der Waals surface area contributed by atoms with Gasteiger partial charge in [0.1, 0.15) is 11.6 Å². The van der Waals surface area contributed by atoms with Gasteiger partial charge in [-0.25, -0.2) is 4.39 Å². The van der Waals surface area contributed by atoms with Gasteiger partial charge >= 0.3 is 0 Å². The Morgan fingerprint density at radius 1 is 1.59 bits per heavy atom. The van der Waals surface area contributed by atoms with E-state index in [1.807, 2.05) is 6.07 Å². The predicted molar refractivity (Wildman–Crippen MR) is 60.1 cm³/mol. The number of nitrogens with zero attached hydrogens (tertiary/aromatic N) is 1. The zero-order valence-corrected chi connectivity index (χ0v) is 9.63. The minimum Gasteiger partial charge on any atom is -0.482 e. The number of hydrogen-bond acceptors (Lipinski definition) is 3. The van der Waals surface area contributed by atoms with Gasteiger partial charge in [-0.1, -0.05) is 11.6 Å². The van der Waals surface area contributed by atoms with Crippen molar-refractivity contribution in [2.75, 3.05) is 13.2 Å². The van der Waals surface area contributed by atoms with Gasteiger partial charge in [0.25, 0.3) is 5.91 Å². The van der Waals surface area contributed by atoms with Crippen LogP contribution in [0, 0.1) is 17.1 Å². The third-order valence-electron chi connectivity index (χ3n) is 1.81. The second-order valence-corrected chi connectivity index (χ2v) is 3.53. The Kier molecular flexibility index (Phi) is 5.24. The summed E-state index contributed by atoms with van der Waals surface area (Å²) in [5.74, 6) is -0.593. The summed E-state index contributed by atoms with van der Waals surface area (Å²) in [6.45, 7) is 0.0482. The molecule has 1 aromatic carbocycles. The summed E-state index contributed by atoms with van der Waals surface area (Å²) in [6, 6.07) is 5.53. The third-order valence-corrected chi connectivity index (χ3v) is 2.11. The van der Waals surface area contributed by atoms with Gasteiger partial charge in [-0.2, -0.15) is 5.26 Å². The van der Waals surface area contributed by atoms with Crippen LogP contribution in [0.25, 0.3) is 0 Å². The molecule has 0 fully saturated rings. The molecule has 17 heavy (non-hydrogen) atoms. The van der Waals surface area contributed by atoms with E-state index < -0.39 is 5.82 Å². The highest BCUT2D eigenvalue weighted by Crippen LogP contribution is 2.24. The number of hydrogen-bond donors (Lipinski definition) is 1. The molecule has 0 saturated carbocycles. The smallest absolute Gasteiger partial charge is 0.257 e. The average molecular weight is 257 g/mol. The molecule has 0 atom stereocenters. The second kappa shape index (κ2) is 6.71. The predicted octanol–water partition coefficient (Wildman–Crippen LogP) is 1.89. The number of ether oxygens (including phenoxy) is 1. The molecule has 0 aliphatic rings. The molecule has 90 valence electrons. The molecule has 1 amide bonds. The van der Waals surface area contributed by atoms with Gasteiger partial charge in [-0.05, 0) is 18.2 Å². The molecule has 0 bridgehead atoms. The lowest BCUT2D eigenvalue weighted by molar-refractivity contribution is -0.123. The molecule has 0 saturated heterocycles. The summed E-state index contributed by atoms with van der Waals surface area (Å²) < 4.78 is 17.8. The topological polar surface area (TPSA) is 62.1 Å².